The van der Waals surface area contributed by atoms with Gasteiger partial charge in [0, 0.05) is 34.6 Å². The number of aromatic nitrogens is 1. The van der Waals surface area contributed by atoms with Crippen LogP contribution < -0.4 is 15.4 Å². The Hall–Kier alpha value is -2.96. The normalized spacial score (nSPS) is 10.9. The van der Waals surface area contributed by atoms with Crippen LogP contribution in [-0.4, -0.2) is 17.7 Å². The number of thiophene rings is 1. The predicted octanol–water partition coefficient (Wildman–Crippen LogP) is 6.37. The van der Waals surface area contributed by atoms with E-state index in [0.29, 0.717) is 23.0 Å². The van der Waals surface area contributed by atoms with Gasteiger partial charge in [-0.25, -0.2) is 4.79 Å². The number of halogens is 1. The Balaban J connectivity index is 1.64. The van der Waals surface area contributed by atoms with Gasteiger partial charge in [-0.1, -0.05) is 35.9 Å². The summed E-state index contributed by atoms with van der Waals surface area (Å²) in [6.07, 6.45) is 0. The minimum Gasteiger partial charge on any atom is -0.495 e. The summed E-state index contributed by atoms with van der Waals surface area (Å²) in [6, 6.07) is 17.3. The number of carbonyl (C=O) groups excluding carboxylic acids is 1. The molecule has 0 unspecified atom stereocenters. The van der Waals surface area contributed by atoms with Crippen LogP contribution in [0.3, 0.4) is 0 Å². The van der Waals surface area contributed by atoms with Crippen LogP contribution in [0, 0.1) is 0 Å². The van der Waals surface area contributed by atoms with Crippen molar-refractivity contribution in [1.82, 2.24) is 9.88 Å². The molecule has 0 aliphatic heterocycles. The van der Waals surface area contributed by atoms with E-state index in [9.17, 15) is 4.79 Å². The smallest absolute Gasteiger partial charge is 0.319 e. The lowest BCUT2D eigenvalue weighted by molar-refractivity contribution is 0.251. The van der Waals surface area contributed by atoms with Crippen molar-refractivity contribution in [2.75, 3.05) is 12.4 Å². The summed E-state index contributed by atoms with van der Waals surface area (Å²) < 4.78 is 7.61. The number of benzene rings is 2. The monoisotopic (exact) mass is 439 g/mol. The van der Waals surface area contributed by atoms with E-state index in [4.69, 9.17) is 16.3 Å². The molecule has 154 valence electrons. The zero-order valence-corrected chi connectivity index (χ0v) is 18.3. The van der Waals surface area contributed by atoms with E-state index in [1.165, 1.54) is 4.88 Å². The predicted molar refractivity (Wildman–Crippen MR) is 125 cm³/mol. The van der Waals surface area contributed by atoms with Crippen molar-refractivity contribution in [2.45, 2.75) is 20.0 Å². The lowest BCUT2D eigenvalue weighted by atomic mass is 10.1. The molecule has 0 radical (unpaired) electrons. The Morgan fingerprint density at radius 2 is 2.00 bits per heavy atom. The van der Waals surface area contributed by atoms with Gasteiger partial charge in [-0.2, -0.15) is 0 Å². The summed E-state index contributed by atoms with van der Waals surface area (Å²) in [6.45, 7) is 3.38. The van der Waals surface area contributed by atoms with E-state index >= 15 is 0 Å². The lowest BCUT2D eigenvalue weighted by Gasteiger charge is -2.13. The number of hydrogen-bond donors (Lipinski definition) is 2. The number of carbonyl (C=O) groups is 1. The number of rotatable bonds is 6. The molecule has 2 heterocycles. The number of amides is 2. The molecule has 0 saturated carbocycles. The SMILES string of the molecule is CCn1c(-c2cccs2)c(CNC(=O)Nc2cc(Cl)ccc2OC)c2ccccc21. The molecule has 30 heavy (non-hydrogen) atoms. The van der Waals surface area contributed by atoms with E-state index < -0.39 is 0 Å². The van der Waals surface area contributed by atoms with Gasteiger partial charge in [0.25, 0.3) is 0 Å². The highest BCUT2D eigenvalue weighted by Gasteiger charge is 2.19. The number of methoxy groups -OCH3 is 1. The van der Waals surface area contributed by atoms with Crippen LogP contribution in [0.25, 0.3) is 21.5 Å². The van der Waals surface area contributed by atoms with Crippen molar-refractivity contribution in [3.8, 4) is 16.3 Å². The molecule has 4 rings (SSSR count). The topological polar surface area (TPSA) is 55.3 Å². The summed E-state index contributed by atoms with van der Waals surface area (Å²) in [7, 11) is 1.55. The molecule has 4 aromatic rings. The number of para-hydroxylation sites is 1. The highest BCUT2D eigenvalue weighted by molar-refractivity contribution is 7.13. The van der Waals surface area contributed by atoms with Crippen LogP contribution in [0.1, 0.15) is 12.5 Å². The van der Waals surface area contributed by atoms with E-state index in [-0.39, 0.29) is 6.03 Å². The van der Waals surface area contributed by atoms with Gasteiger partial charge in [-0.15, -0.1) is 11.3 Å². The number of ether oxygens (including phenoxy) is 1. The maximum atomic E-state index is 12.7. The zero-order valence-electron chi connectivity index (χ0n) is 16.7. The fourth-order valence-corrected chi connectivity index (χ4v) is 4.67. The molecular weight excluding hydrogens is 418 g/mol. The Labute approximate surface area is 184 Å². The first-order chi connectivity index (χ1) is 14.6. The quantitative estimate of drug-likeness (QED) is 0.366. The molecule has 0 aliphatic carbocycles. The molecule has 2 aromatic heterocycles. The summed E-state index contributed by atoms with van der Waals surface area (Å²) in [5.74, 6) is 0.552. The minimum atomic E-state index is -0.318. The maximum Gasteiger partial charge on any atom is 0.319 e. The number of nitrogens with one attached hydrogen (secondary N) is 2. The molecule has 7 heteroatoms. The van der Waals surface area contributed by atoms with E-state index in [2.05, 4.69) is 45.7 Å². The lowest BCUT2D eigenvalue weighted by Crippen LogP contribution is -2.28. The zero-order chi connectivity index (χ0) is 21.1. The van der Waals surface area contributed by atoms with Gasteiger partial charge in [-0.3, -0.25) is 0 Å². The van der Waals surface area contributed by atoms with Crippen molar-refractivity contribution in [3.63, 3.8) is 0 Å². The van der Waals surface area contributed by atoms with Gasteiger partial charge in [0.2, 0.25) is 0 Å². The second-order valence-electron chi connectivity index (χ2n) is 6.72. The van der Waals surface area contributed by atoms with E-state index in [1.807, 2.05) is 18.2 Å². The average Bonchev–Trinajstić information content (AvgIpc) is 3.38. The fourth-order valence-electron chi connectivity index (χ4n) is 3.69. The Kier molecular flexibility index (Phi) is 5.97. The van der Waals surface area contributed by atoms with Crippen molar-refractivity contribution in [1.29, 1.82) is 0 Å². The Morgan fingerprint density at radius 3 is 2.73 bits per heavy atom. The third-order valence-corrected chi connectivity index (χ3v) is 6.09. The van der Waals surface area contributed by atoms with Crippen LogP contribution in [0.4, 0.5) is 10.5 Å². The van der Waals surface area contributed by atoms with Gasteiger partial charge in [0.05, 0.1) is 23.4 Å². The van der Waals surface area contributed by atoms with Gasteiger partial charge in [0.1, 0.15) is 5.75 Å². The standard InChI is InChI=1S/C23H22ClN3O2S/c1-3-27-19-8-5-4-7-16(19)17(22(27)21-9-6-12-30-21)14-25-23(28)26-18-13-15(24)10-11-20(18)29-2/h4-13H,3,14H2,1-2H3,(H2,25,26,28). The molecule has 2 amide bonds. The number of fused-ring (bicyclic) bond motifs is 1. The van der Waals surface area contributed by atoms with Crippen molar-refractivity contribution >= 4 is 45.6 Å². The molecule has 2 N–H and O–H groups in total. The van der Waals surface area contributed by atoms with Crippen molar-refractivity contribution < 1.29 is 9.53 Å². The van der Waals surface area contributed by atoms with Crippen LogP contribution in [0.5, 0.6) is 5.75 Å². The third-order valence-electron chi connectivity index (χ3n) is 4.98. The maximum absolute atomic E-state index is 12.7. The van der Waals surface area contributed by atoms with E-state index in [1.54, 1.807) is 36.6 Å². The van der Waals surface area contributed by atoms with Gasteiger partial charge in [-0.05, 0) is 42.6 Å². The molecule has 0 bridgehead atoms. The molecule has 0 atom stereocenters. The number of hydrogen-bond acceptors (Lipinski definition) is 3. The van der Waals surface area contributed by atoms with E-state index in [0.717, 1.165) is 28.7 Å². The Morgan fingerprint density at radius 1 is 1.17 bits per heavy atom. The summed E-state index contributed by atoms with van der Waals surface area (Å²) in [4.78, 5) is 13.8. The van der Waals surface area contributed by atoms with Crippen LogP contribution in [0.2, 0.25) is 5.02 Å². The van der Waals surface area contributed by atoms with Gasteiger partial charge >= 0.3 is 6.03 Å². The van der Waals surface area contributed by atoms with Gasteiger partial charge < -0.3 is 19.9 Å². The molecule has 0 aliphatic rings. The highest BCUT2D eigenvalue weighted by atomic mass is 35.5. The number of aryl methyl sites for hydroxylation is 1. The minimum absolute atomic E-state index is 0.318. The van der Waals surface area contributed by atoms with Crippen LogP contribution >= 0.6 is 22.9 Å². The van der Waals surface area contributed by atoms with Crippen LogP contribution in [0.15, 0.2) is 60.0 Å². The summed E-state index contributed by atoms with van der Waals surface area (Å²) in [5, 5.41) is 9.56. The summed E-state index contributed by atoms with van der Waals surface area (Å²) in [5.41, 5.74) is 3.94. The molecular formula is C23H22ClN3O2S. The summed E-state index contributed by atoms with van der Waals surface area (Å²) >= 11 is 7.76. The van der Waals surface area contributed by atoms with Crippen molar-refractivity contribution in [2.24, 2.45) is 0 Å². The Bertz CT molecular complexity index is 1180. The highest BCUT2D eigenvalue weighted by Crippen LogP contribution is 2.36. The molecule has 0 spiro atoms. The van der Waals surface area contributed by atoms with Crippen molar-refractivity contribution in [3.05, 3.63) is 70.6 Å². The first-order valence-corrected chi connectivity index (χ1v) is 10.9. The molecule has 2 aromatic carbocycles. The largest absolute Gasteiger partial charge is 0.495 e. The number of nitrogens with zero attached hydrogens (tertiary/aromatic N) is 1. The second-order valence-corrected chi connectivity index (χ2v) is 8.10. The third kappa shape index (κ3) is 3.88. The average molecular weight is 440 g/mol. The number of urea groups is 1. The first-order valence-electron chi connectivity index (χ1n) is 9.64. The number of anilines is 1. The fraction of sp³-hybridized carbons (Fsp3) is 0.174. The second kappa shape index (κ2) is 8.81. The molecule has 0 fully saturated rings. The molecule has 5 nitrogen and oxygen atoms in total. The van der Waals surface area contributed by atoms with Gasteiger partial charge in [0.15, 0.2) is 0 Å². The van der Waals surface area contributed by atoms with Crippen LogP contribution in [-0.2, 0) is 13.1 Å². The first kappa shape index (κ1) is 20.3. The molecule has 0 saturated heterocycles.